The number of hydrogen-bond donors (Lipinski definition) is 3. The molecule has 15 nitrogen and oxygen atoms in total. The molecule has 1 saturated heterocycles. The van der Waals surface area contributed by atoms with E-state index in [0.717, 1.165) is 47.1 Å². The van der Waals surface area contributed by atoms with Crippen molar-refractivity contribution in [1.29, 1.82) is 0 Å². The Hall–Kier alpha value is -6.01. The molecule has 2 heterocycles. The summed E-state index contributed by atoms with van der Waals surface area (Å²) in [6.07, 6.45) is 1.15. The van der Waals surface area contributed by atoms with Crippen molar-refractivity contribution >= 4 is 39.4 Å². The molecule has 3 aliphatic rings. The number of nitroso groups, excluding NO2 is 1. The van der Waals surface area contributed by atoms with E-state index >= 15 is 0 Å². The van der Waals surface area contributed by atoms with Gasteiger partial charge >= 0.3 is 12.1 Å². The number of urea groups is 1. The first kappa shape index (κ1) is 48.4. The molecule has 1 saturated carbocycles. The number of carbonyl (C=O) groups excluding carboxylic acids is 2. The lowest BCUT2D eigenvalue weighted by molar-refractivity contribution is -0.128. The maximum atomic E-state index is 14.6. The second kappa shape index (κ2) is 21.5. The van der Waals surface area contributed by atoms with E-state index < -0.39 is 40.2 Å². The van der Waals surface area contributed by atoms with Crippen molar-refractivity contribution in [2.75, 3.05) is 32.7 Å². The van der Waals surface area contributed by atoms with Crippen molar-refractivity contribution in [3.8, 4) is 11.1 Å². The van der Waals surface area contributed by atoms with E-state index in [0.29, 0.717) is 29.2 Å². The number of rotatable bonds is 22. The Morgan fingerprint density at radius 3 is 2.19 bits per heavy atom. The molecule has 2 aliphatic carbocycles. The van der Waals surface area contributed by atoms with E-state index in [4.69, 9.17) is 4.98 Å². The molecule has 358 valence electrons. The SMILES string of the molecule is CC[C@H](C)[C@@H](C(=O)N[C@@H](Cc1ccccc1)[C@H](O)CN(CC1CCC1)S(=O)(=O)c1ccc(CN=O)cc1)N1CCN(Cc2csc(CN(CC3c4ccccc4-c4ccccc43)C(=O)O)n2)C1=O. The lowest BCUT2D eigenvalue weighted by Gasteiger charge is -2.36. The van der Waals surface area contributed by atoms with Gasteiger partial charge in [-0.2, -0.15) is 9.21 Å². The molecule has 0 bridgehead atoms. The Bertz CT molecular complexity index is 2630. The molecule has 4 aromatic carbocycles. The average Bonchev–Trinajstić information content (AvgIpc) is 4.02. The minimum Gasteiger partial charge on any atom is -0.465 e. The quantitative estimate of drug-likeness (QED) is 0.0578. The van der Waals surface area contributed by atoms with Gasteiger partial charge in [-0.25, -0.2) is 23.0 Å². The van der Waals surface area contributed by atoms with Crippen molar-refractivity contribution in [2.45, 2.75) is 94.6 Å². The fraction of sp³-hybridized carbons (Fsp3) is 0.412. The summed E-state index contributed by atoms with van der Waals surface area (Å²) in [7, 11) is -4.09. The first-order chi connectivity index (χ1) is 32.8. The van der Waals surface area contributed by atoms with Gasteiger partial charge in [0.15, 0.2) is 0 Å². The second-order valence-corrected chi connectivity index (χ2v) is 21.2. The van der Waals surface area contributed by atoms with Crippen LogP contribution < -0.4 is 5.32 Å². The molecule has 4 atom stereocenters. The molecule has 5 aromatic rings. The Morgan fingerprint density at radius 1 is 0.912 bits per heavy atom. The van der Waals surface area contributed by atoms with Crippen molar-refractivity contribution < 1.29 is 33.0 Å². The van der Waals surface area contributed by atoms with Crippen LogP contribution in [0.1, 0.15) is 78.4 Å². The number of fused-ring (bicyclic) bond motifs is 3. The van der Waals surface area contributed by atoms with Crippen molar-refractivity contribution in [3.05, 3.63) is 146 Å². The number of nitrogens with one attached hydrogen (secondary N) is 1. The summed E-state index contributed by atoms with van der Waals surface area (Å²) in [5.74, 6) is -0.706. The maximum Gasteiger partial charge on any atom is 0.407 e. The number of amides is 4. The van der Waals surface area contributed by atoms with Gasteiger partial charge in [0.05, 0.1) is 35.8 Å². The zero-order valence-corrected chi connectivity index (χ0v) is 40.0. The van der Waals surface area contributed by atoms with E-state index in [1.165, 1.54) is 32.7 Å². The molecule has 3 N–H and O–H groups in total. The molecule has 17 heteroatoms. The summed E-state index contributed by atoms with van der Waals surface area (Å²) in [5, 5.41) is 30.8. The monoisotopic (exact) mass is 961 g/mol. The molecule has 2 fully saturated rings. The maximum absolute atomic E-state index is 14.6. The summed E-state index contributed by atoms with van der Waals surface area (Å²) in [4.78, 5) is 61.8. The third-order valence-electron chi connectivity index (χ3n) is 13.8. The molecule has 68 heavy (non-hydrogen) atoms. The van der Waals surface area contributed by atoms with Gasteiger partial charge < -0.3 is 30.2 Å². The lowest BCUT2D eigenvalue weighted by Crippen LogP contribution is -2.57. The first-order valence-corrected chi connectivity index (χ1v) is 25.7. The third kappa shape index (κ3) is 10.8. The number of benzene rings is 4. The van der Waals surface area contributed by atoms with Crippen LogP contribution in [0.2, 0.25) is 0 Å². The molecule has 0 radical (unpaired) electrons. The Labute approximate surface area is 401 Å². The normalized spacial score (nSPS) is 16.7. The molecular weight excluding hydrogens is 903 g/mol. The smallest absolute Gasteiger partial charge is 0.407 e. The van der Waals surface area contributed by atoms with Gasteiger partial charge in [0.2, 0.25) is 15.9 Å². The summed E-state index contributed by atoms with van der Waals surface area (Å²) in [6, 6.07) is 29.4. The van der Waals surface area contributed by atoms with Gasteiger partial charge in [-0.1, -0.05) is 123 Å². The van der Waals surface area contributed by atoms with Gasteiger partial charge in [0, 0.05) is 44.0 Å². The van der Waals surface area contributed by atoms with Crippen LogP contribution >= 0.6 is 11.3 Å². The molecular formula is C51H59N7O8S2. The molecule has 4 amide bonds. The largest absolute Gasteiger partial charge is 0.465 e. The topological polar surface area (TPSA) is 193 Å². The van der Waals surface area contributed by atoms with E-state index in [1.54, 1.807) is 21.9 Å². The van der Waals surface area contributed by atoms with E-state index in [2.05, 4.69) is 34.8 Å². The minimum atomic E-state index is -4.09. The zero-order valence-electron chi connectivity index (χ0n) is 38.4. The lowest BCUT2D eigenvalue weighted by atomic mass is 9.85. The number of carbonyl (C=O) groups is 3. The van der Waals surface area contributed by atoms with Crippen molar-refractivity contribution in [2.24, 2.45) is 17.0 Å². The van der Waals surface area contributed by atoms with Gasteiger partial charge in [0.1, 0.15) is 17.6 Å². The predicted octanol–water partition coefficient (Wildman–Crippen LogP) is 7.93. The van der Waals surface area contributed by atoms with Crippen LogP contribution in [0.15, 0.2) is 119 Å². The van der Waals surface area contributed by atoms with Crippen LogP contribution in [-0.4, -0.2) is 112 Å². The molecule has 0 spiro atoms. The summed E-state index contributed by atoms with van der Waals surface area (Å²) >= 11 is 1.34. The summed E-state index contributed by atoms with van der Waals surface area (Å²) < 4.78 is 29.7. The molecule has 8 rings (SSSR count). The van der Waals surface area contributed by atoms with Crippen LogP contribution in [0.5, 0.6) is 0 Å². The van der Waals surface area contributed by atoms with Crippen LogP contribution in [-0.2, 0) is 40.9 Å². The number of carboxylic acid groups (broad SMARTS) is 1. The van der Waals surface area contributed by atoms with E-state index in [1.807, 2.05) is 73.8 Å². The van der Waals surface area contributed by atoms with Gasteiger partial charge in [-0.15, -0.1) is 11.3 Å². The van der Waals surface area contributed by atoms with Crippen LogP contribution in [0, 0.1) is 16.7 Å². The number of aromatic nitrogens is 1. The van der Waals surface area contributed by atoms with Gasteiger partial charge in [-0.05, 0) is 76.6 Å². The van der Waals surface area contributed by atoms with Crippen LogP contribution in [0.25, 0.3) is 11.1 Å². The second-order valence-electron chi connectivity index (χ2n) is 18.3. The standard InChI is InChI=1S/C51H59N7O8S2/c1-3-34(2)48(49(60)54-45(26-35-12-5-4-6-13-35)46(59)31-57(28-37-14-11-15-37)68(65,66)39-22-20-36(21-23-39)27-52-64)58-25-24-55(50(58)61)29-38-33-67-47(53-38)32-56(51(62)63)30-44-42-18-9-7-16-40(42)41-17-8-10-19-43(41)44/h4-10,12-13,16-23,33-34,37,44-46,48,59H,3,11,14-15,24-32H2,1-2H3,(H,54,60)(H,62,63)/t34-,45-,46+,48-/m0/s1. The highest BCUT2D eigenvalue weighted by Gasteiger charge is 2.42. The van der Waals surface area contributed by atoms with Crippen molar-refractivity contribution in [1.82, 2.24) is 29.3 Å². The highest BCUT2D eigenvalue weighted by molar-refractivity contribution is 7.89. The number of sulfonamides is 1. The van der Waals surface area contributed by atoms with E-state index in [9.17, 15) is 37.9 Å². The first-order valence-electron chi connectivity index (χ1n) is 23.4. The highest BCUT2D eigenvalue weighted by Crippen LogP contribution is 2.45. The number of aliphatic hydroxyl groups excluding tert-OH is 1. The minimum absolute atomic E-state index is 0.0321. The fourth-order valence-corrected chi connectivity index (χ4v) is 12.0. The Balaban J connectivity index is 0.953. The third-order valence-corrected chi connectivity index (χ3v) is 16.5. The van der Waals surface area contributed by atoms with Crippen LogP contribution in [0.3, 0.4) is 0 Å². The predicted molar refractivity (Wildman–Crippen MR) is 260 cm³/mol. The highest BCUT2D eigenvalue weighted by atomic mass is 32.2. The average molecular weight is 962 g/mol. The molecule has 1 aromatic heterocycles. The fourth-order valence-electron chi connectivity index (χ4n) is 9.66. The number of nitrogens with zero attached hydrogens (tertiary/aromatic N) is 6. The Morgan fingerprint density at radius 2 is 1.57 bits per heavy atom. The van der Waals surface area contributed by atoms with Crippen molar-refractivity contribution in [3.63, 3.8) is 0 Å². The van der Waals surface area contributed by atoms with Gasteiger partial charge in [0.25, 0.3) is 0 Å². The number of hydrogen-bond acceptors (Lipinski definition) is 10. The molecule has 1 aliphatic heterocycles. The number of thiazole rings is 1. The Kier molecular flexibility index (Phi) is 15.3. The summed E-state index contributed by atoms with van der Waals surface area (Å²) in [5.41, 5.74) is 6.44. The zero-order chi connectivity index (χ0) is 48.0. The van der Waals surface area contributed by atoms with E-state index in [-0.39, 0.29) is 80.9 Å². The number of aliphatic hydroxyl groups is 1. The molecule has 0 unspecified atom stereocenters. The van der Waals surface area contributed by atoms with Crippen LogP contribution in [0.4, 0.5) is 9.59 Å². The summed E-state index contributed by atoms with van der Waals surface area (Å²) in [6.45, 7) is 4.84. The van der Waals surface area contributed by atoms with Gasteiger partial charge in [-0.3, -0.25) is 4.79 Å².